The van der Waals surface area contributed by atoms with Crippen LogP contribution in [0, 0.1) is 6.92 Å². The van der Waals surface area contributed by atoms with Gasteiger partial charge in [0.15, 0.2) is 5.75 Å². The minimum atomic E-state index is 0.610. The van der Waals surface area contributed by atoms with Gasteiger partial charge in [-0.2, -0.15) is 4.37 Å². The molecule has 0 saturated heterocycles. The molecule has 2 rings (SSSR count). The van der Waals surface area contributed by atoms with Crippen LogP contribution >= 0.6 is 11.5 Å². The van der Waals surface area contributed by atoms with E-state index in [2.05, 4.69) is 35.6 Å². The fraction of sp³-hybridized carbons (Fsp3) is 0.182. The van der Waals surface area contributed by atoms with E-state index in [0.717, 1.165) is 5.75 Å². The van der Waals surface area contributed by atoms with Gasteiger partial charge >= 0.3 is 0 Å². The maximum absolute atomic E-state index is 5.52. The van der Waals surface area contributed by atoms with E-state index in [4.69, 9.17) is 4.74 Å². The third-order valence-electron chi connectivity index (χ3n) is 1.94. The number of hydrogen-bond donors (Lipinski definition) is 0. The van der Waals surface area contributed by atoms with Gasteiger partial charge < -0.3 is 4.74 Å². The third kappa shape index (κ3) is 2.33. The number of rotatable bonds is 3. The molecule has 14 heavy (non-hydrogen) atoms. The maximum Gasteiger partial charge on any atom is 0.150 e. The van der Waals surface area contributed by atoms with Crippen LogP contribution in [0.25, 0.3) is 0 Å². The van der Waals surface area contributed by atoms with Crippen LogP contribution in [0.5, 0.6) is 5.75 Å². The van der Waals surface area contributed by atoms with E-state index in [9.17, 15) is 0 Å². The summed E-state index contributed by atoms with van der Waals surface area (Å²) in [5, 5.41) is 1.90. The standard InChI is InChI=1S/C11H11NOS/c1-9-2-4-10(5-3-9)7-13-11-6-12-14-8-11/h2-6,8H,7H2,1H3. The largest absolute Gasteiger partial charge is 0.486 e. The van der Waals surface area contributed by atoms with E-state index in [1.807, 2.05) is 5.38 Å². The molecule has 3 heteroatoms. The van der Waals surface area contributed by atoms with Gasteiger partial charge in [0.25, 0.3) is 0 Å². The van der Waals surface area contributed by atoms with Gasteiger partial charge in [0, 0.05) is 0 Å². The second kappa shape index (κ2) is 4.24. The summed E-state index contributed by atoms with van der Waals surface area (Å²) in [6.07, 6.45) is 1.73. The van der Waals surface area contributed by atoms with Crippen molar-refractivity contribution in [1.29, 1.82) is 0 Å². The van der Waals surface area contributed by atoms with Gasteiger partial charge in [0.1, 0.15) is 6.61 Å². The van der Waals surface area contributed by atoms with Gasteiger partial charge in [-0.25, -0.2) is 0 Å². The van der Waals surface area contributed by atoms with Crippen LogP contribution < -0.4 is 4.74 Å². The molecule has 0 unspecified atom stereocenters. The number of aryl methyl sites for hydroxylation is 1. The number of hydrogen-bond acceptors (Lipinski definition) is 3. The predicted octanol–water partition coefficient (Wildman–Crippen LogP) is 3.03. The summed E-state index contributed by atoms with van der Waals surface area (Å²) in [4.78, 5) is 0. The molecule has 0 atom stereocenters. The van der Waals surface area contributed by atoms with E-state index in [-0.39, 0.29) is 0 Å². The second-order valence-electron chi connectivity index (χ2n) is 3.13. The van der Waals surface area contributed by atoms with Crippen LogP contribution in [-0.4, -0.2) is 4.37 Å². The second-order valence-corrected chi connectivity index (χ2v) is 3.79. The molecular formula is C11H11NOS. The monoisotopic (exact) mass is 205 g/mol. The van der Waals surface area contributed by atoms with E-state index >= 15 is 0 Å². The first-order valence-electron chi connectivity index (χ1n) is 4.42. The number of ether oxygens (including phenoxy) is 1. The van der Waals surface area contributed by atoms with Crippen molar-refractivity contribution in [3.8, 4) is 5.75 Å². The van der Waals surface area contributed by atoms with Crippen molar-refractivity contribution in [2.24, 2.45) is 0 Å². The summed E-state index contributed by atoms with van der Waals surface area (Å²) in [5.74, 6) is 0.843. The smallest absolute Gasteiger partial charge is 0.150 e. The van der Waals surface area contributed by atoms with E-state index < -0.39 is 0 Å². The third-order valence-corrected chi connectivity index (χ3v) is 2.50. The Kier molecular flexibility index (Phi) is 2.79. The quantitative estimate of drug-likeness (QED) is 0.768. The fourth-order valence-electron chi connectivity index (χ4n) is 1.12. The van der Waals surface area contributed by atoms with Gasteiger partial charge in [-0.15, -0.1) is 0 Å². The van der Waals surface area contributed by atoms with Crippen LogP contribution in [0.3, 0.4) is 0 Å². The SMILES string of the molecule is Cc1ccc(COc2cnsc2)cc1. The molecule has 0 aliphatic carbocycles. The zero-order chi connectivity index (χ0) is 9.80. The summed E-state index contributed by atoms with van der Waals surface area (Å²) in [6.45, 7) is 2.69. The van der Waals surface area contributed by atoms with Crippen LogP contribution in [0.1, 0.15) is 11.1 Å². The van der Waals surface area contributed by atoms with Crippen LogP contribution in [-0.2, 0) is 6.61 Å². The van der Waals surface area contributed by atoms with Gasteiger partial charge in [-0.05, 0) is 24.0 Å². The zero-order valence-corrected chi connectivity index (χ0v) is 8.75. The van der Waals surface area contributed by atoms with E-state index in [1.54, 1.807) is 6.20 Å². The summed E-state index contributed by atoms with van der Waals surface area (Å²) >= 11 is 1.40. The normalized spacial score (nSPS) is 10.1. The lowest BCUT2D eigenvalue weighted by Gasteiger charge is -2.03. The van der Waals surface area contributed by atoms with E-state index in [0.29, 0.717) is 6.61 Å². The highest BCUT2D eigenvalue weighted by Gasteiger charge is 1.96. The van der Waals surface area contributed by atoms with Crippen LogP contribution in [0.4, 0.5) is 0 Å². The molecule has 0 amide bonds. The molecule has 0 bridgehead atoms. The lowest BCUT2D eigenvalue weighted by molar-refractivity contribution is 0.307. The molecule has 0 fully saturated rings. The van der Waals surface area contributed by atoms with E-state index in [1.165, 1.54) is 22.7 Å². The highest BCUT2D eigenvalue weighted by molar-refractivity contribution is 7.03. The topological polar surface area (TPSA) is 22.1 Å². The lowest BCUT2D eigenvalue weighted by atomic mass is 10.2. The molecule has 0 N–H and O–H groups in total. The lowest BCUT2D eigenvalue weighted by Crippen LogP contribution is -1.93. The molecule has 0 aliphatic rings. The fourth-order valence-corrected chi connectivity index (χ4v) is 1.58. The predicted molar refractivity (Wildman–Crippen MR) is 57.6 cm³/mol. The summed E-state index contributed by atoms with van der Waals surface area (Å²) in [5.41, 5.74) is 2.45. The van der Waals surface area contributed by atoms with Crippen molar-refractivity contribution in [2.75, 3.05) is 0 Å². The number of nitrogens with zero attached hydrogens (tertiary/aromatic N) is 1. The number of benzene rings is 1. The Morgan fingerprint density at radius 1 is 1.29 bits per heavy atom. The van der Waals surface area contributed by atoms with Crippen LogP contribution in [0.15, 0.2) is 35.8 Å². The molecular weight excluding hydrogens is 194 g/mol. The van der Waals surface area contributed by atoms with Gasteiger partial charge in [-0.3, -0.25) is 0 Å². The Labute approximate surface area is 87.3 Å². The molecule has 1 aromatic heterocycles. The molecule has 1 aromatic carbocycles. The summed E-state index contributed by atoms with van der Waals surface area (Å²) < 4.78 is 9.49. The first-order chi connectivity index (χ1) is 6.84. The highest BCUT2D eigenvalue weighted by Crippen LogP contribution is 2.13. The molecule has 0 aliphatic heterocycles. The van der Waals surface area contributed by atoms with Crippen LogP contribution in [0.2, 0.25) is 0 Å². The Morgan fingerprint density at radius 2 is 2.07 bits per heavy atom. The summed E-state index contributed by atoms with van der Waals surface area (Å²) in [7, 11) is 0. The first kappa shape index (κ1) is 9.21. The summed E-state index contributed by atoms with van der Waals surface area (Å²) in [6, 6.07) is 8.33. The Hall–Kier alpha value is -1.35. The van der Waals surface area contributed by atoms with Crippen molar-refractivity contribution in [3.05, 3.63) is 47.0 Å². The highest BCUT2D eigenvalue weighted by atomic mass is 32.1. The first-order valence-corrected chi connectivity index (χ1v) is 5.26. The van der Waals surface area contributed by atoms with Gasteiger partial charge in [0.05, 0.1) is 11.6 Å². The van der Waals surface area contributed by atoms with Gasteiger partial charge in [0.2, 0.25) is 0 Å². The zero-order valence-electron chi connectivity index (χ0n) is 7.93. The van der Waals surface area contributed by atoms with Crippen molar-refractivity contribution in [2.45, 2.75) is 13.5 Å². The minimum Gasteiger partial charge on any atom is -0.486 e. The number of aromatic nitrogens is 1. The molecule has 2 nitrogen and oxygen atoms in total. The maximum atomic E-state index is 5.52. The van der Waals surface area contributed by atoms with Crippen molar-refractivity contribution in [1.82, 2.24) is 4.37 Å². The average Bonchev–Trinajstić information content (AvgIpc) is 2.70. The van der Waals surface area contributed by atoms with Crippen molar-refractivity contribution < 1.29 is 4.74 Å². The minimum absolute atomic E-state index is 0.610. The Balaban J connectivity index is 1.95. The molecule has 0 spiro atoms. The Morgan fingerprint density at radius 3 is 2.71 bits per heavy atom. The molecule has 72 valence electrons. The van der Waals surface area contributed by atoms with Crippen molar-refractivity contribution in [3.63, 3.8) is 0 Å². The average molecular weight is 205 g/mol. The molecule has 2 aromatic rings. The van der Waals surface area contributed by atoms with Crippen molar-refractivity contribution >= 4 is 11.5 Å². The molecule has 1 heterocycles. The molecule has 0 saturated carbocycles. The Bertz CT molecular complexity index is 380. The molecule has 0 radical (unpaired) electrons. The van der Waals surface area contributed by atoms with Gasteiger partial charge in [-0.1, -0.05) is 29.8 Å².